The highest BCUT2D eigenvalue weighted by Gasteiger charge is 2.18. The molecule has 1 aromatic heterocycles. The lowest BCUT2D eigenvalue weighted by Crippen LogP contribution is -2.17. The first-order valence-electron chi connectivity index (χ1n) is 7.69. The van der Waals surface area contributed by atoms with E-state index in [4.69, 9.17) is 0 Å². The van der Waals surface area contributed by atoms with E-state index in [0.717, 1.165) is 24.6 Å². The number of aryl methyl sites for hydroxylation is 1. The number of rotatable bonds is 2. The smallest absolute Gasteiger partial charge is 0.164 e. The molecule has 0 atom stereocenters. The number of nitrogens with zero attached hydrogens (tertiary/aromatic N) is 4. The van der Waals surface area contributed by atoms with Crippen molar-refractivity contribution in [2.75, 3.05) is 18.0 Å². The Morgan fingerprint density at radius 1 is 0.900 bits per heavy atom. The van der Waals surface area contributed by atoms with Crippen LogP contribution in [0.25, 0.3) is 11.4 Å². The van der Waals surface area contributed by atoms with E-state index in [1.165, 1.54) is 50.0 Å². The van der Waals surface area contributed by atoms with Crippen molar-refractivity contribution < 1.29 is 0 Å². The van der Waals surface area contributed by atoms with Gasteiger partial charge in [-0.3, -0.25) is 0 Å². The molecule has 20 heavy (non-hydrogen) atoms. The largest absolute Gasteiger partial charge is 0.372 e. The van der Waals surface area contributed by atoms with Gasteiger partial charge in [0.15, 0.2) is 5.82 Å². The van der Waals surface area contributed by atoms with E-state index in [1.54, 1.807) is 0 Å². The quantitative estimate of drug-likeness (QED) is 0.840. The number of benzene rings is 1. The lowest BCUT2D eigenvalue weighted by molar-refractivity contribution is 0.526. The molecule has 3 heterocycles. The van der Waals surface area contributed by atoms with Crippen molar-refractivity contribution in [2.45, 2.75) is 38.6 Å². The molecule has 1 fully saturated rings. The maximum Gasteiger partial charge on any atom is 0.164 e. The normalized spacial score (nSPS) is 18.3. The lowest BCUT2D eigenvalue weighted by atomic mass is 10.1. The summed E-state index contributed by atoms with van der Waals surface area (Å²) in [5.74, 6) is 2.19. The second kappa shape index (κ2) is 4.93. The SMILES string of the molecule is c1cc(-c2nnc3n2CCCC3)cc(N2CCCC2)c1. The summed E-state index contributed by atoms with van der Waals surface area (Å²) < 4.78 is 2.30. The first kappa shape index (κ1) is 11.9. The van der Waals surface area contributed by atoms with Gasteiger partial charge in [-0.25, -0.2) is 0 Å². The zero-order valence-electron chi connectivity index (χ0n) is 11.8. The maximum absolute atomic E-state index is 4.43. The predicted molar refractivity (Wildman–Crippen MR) is 79.8 cm³/mol. The molecule has 2 aliphatic rings. The van der Waals surface area contributed by atoms with E-state index < -0.39 is 0 Å². The lowest BCUT2D eigenvalue weighted by Gasteiger charge is -2.19. The van der Waals surface area contributed by atoms with Crippen LogP contribution in [0.15, 0.2) is 24.3 Å². The molecule has 1 saturated heterocycles. The molecule has 4 heteroatoms. The van der Waals surface area contributed by atoms with Gasteiger partial charge < -0.3 is 9.47 Å². The molecule has 0 amide bonds. The number of fused-ring (bicyclic) bond motifs is 1. The highest BCUT2D eigenvalue weighted by Crippen LogP contribution is 2.27. The summed E-state index contributed by atoms with van der Waals surface area (Å²) in [6, 6.07) is 8.79. The van der Waals surface area contributed by atoms with Gasteiger partial charge in [-0.15, -0.1) is 10.2 Å². The van der Waals surface area contributed by atoms with E-state index >= 15 is 0 Å². The predicted octanol–water partition coefficient (Wildman–Crippen LogP) is 2.88. The molecular formula is C16H20N4. The number of aromatic nitrogens is 3. The Labute approximate surface area is 119 Å². The highest BCUT2D eigenvalue weighted by atomic mass is 15.3. The molecule has 2 aromatic rings. The van der Waals surface area contributed by atoms with Gasteiger partial charge in [0.05, 0.1) is 0 Å². The Bertz CT molecular complexity index is 611. The van der Waals surface area contributed by atoms with Gasteiger partial charge in [-0.1, -0.05) is 12.1 Å². The third kappa shape index (κ3) is 1.99. The molecule has 0 N–H and O–H groups in total. The summed E-state index contributed by atoms with van der Waals surface area (Å²) in [7, 11) is 0. The average molecular weight is 268 g/mol. The minimum Gasteiger partial charge on any atom is -0.372 e. The van der Waals surface area contributed by atoms with Gasteiger partial charge in [0, 0.05) is 37.3 Å². The fraction of sp³-hybridized carbons (Fsp3) is 0.500. The summed E-state index contributed by atoms with van der Waals surface area (Å²) >= 11 is 0. The Balaban J connectivity index is 1.71. The van der Waals surface area contributed by atoms with Gasteiger partial charge in [-0.2, -0.15) is 0 Å². The van der Waals surface area contributed by atoms with Gasteiger partial charge in [0.1, 0.15) is 5.82 Å². The Morgan fingerprint density at radius 2 is 1.75 bits per heavy atom. The molecule has 0 unspecified atom stereocenters. The third-order valence-electron chi connectivity index (χ3n) is 4.44. The van der Waals surface area contributed by atoms with Crippen molar-refractivity contribution in [1.82, 2.24) is 14.8 Å². The van der Waals surface area contributed by atoms with E-state index in [0.29, 0.717) is 0 Å². The molecule has 104 valence electrons. The van der Waals surface area contributed by atoms with Gasteiger partial charge >= 0.3 is 0 Å². The van der Waals surface area contributed by atoms with E-state index in [9.17, 15) is 0 Å². The molecule has 4 rings (SSSR count). The van der Waals surface area contributed by atoms with Gasteiger partial charge in [0.2, 0.25) is 0 Å². The van der Waals surface area contributed by atoms with Crippen LogP contribution in [-0.2, 0) is 13.0 Å². The molecule has 0 saturated carbocycles. The van der Waals surface area contributed by atoms with Crippen LogP contribution >= 0.6 is 0 Å². The molecule has 0 aliphatic carbocycles. The molecule has 4 nitrogen and oxygen atoms in total. The number of hydrogen-bond donors (Lipinski definition) is 0. The summed E-state index contributed by atoms with van der Waals surface area (Å²) in [6.45, 7) is 3.42. The van der Waals surface area contributed by atoms with Crippen molar-refractivity contribution in [2.24, 2.45) is 0 Å². The first-order valence-corrected chi connectivity index (χ1v) is 7.69. The van der Waals surface area contributed by atoms with E-state index in [2.05, 4.69) is 43.9 Å². The topological polar surface area (TPSA) is 34.0 Å². The zero-order chi connectivity index (χ0) is 13.4. The fourth-order valence-electron chi connectivity index (χ4n) is 3.34. The first-order chi connectivity index (χ1) is 9.92. The second-order valence-corrected chi connectivity index (χ2v) is 5.79. The van der Waals surface area contributed by atoms with Gasteiger partial charge in [0.25, 0.3) is 0 Å². The van der Waals surface area contributed by atoms with Crippen molar-refractivity contribution >= 4 is 5.69 Å². The Hall–Kier alpha value is -1.84. The van der Waals surface area contributed by atoms with Crippen molar-refractivity contribution in [3.05, 3.63) is 30.1 Å². The summed E-state index contributed by atoms with van der Waals surface area (Å²) in [6.07, 6.45) is 6.17. The van der Waals surface area contributed by atoms with Crippen molar-refractivity contribution in [3.63, 3.8) is 0 Å². The Morgan fingerprint density at radius 3 is 2.65 bits per heavy atom. The van der Waals surface area contributed by atoms with Crippen molar-refractivity contribution in [3.8, 4) is 11.4 Å². The molecule has 0 radical (unpaired) electrons. The van der Waals surface area contributed by atoms with Crippen LogP contribution in [0.2, 0.25) is 0 Å². The molecular weight excluding hydrogens is 248 g/mol. The van der Waals surface area contributed by atoms with Crippen molar-refractivity contribution in [1.29, 1.82) is 0 Å². The minimum atomic E-state index is 1.04. The highest BCUT2D eigenvalue weighted by molar-refractivity contribution is 5.63. The van der Waals surface area contributed by atoms with Crippen LogP contribution in [-0.4, -0.2) is 27.9 Å². The monoisotopic (exact) mass is 268 g/mol. The zero-order valence-corrected chi connectivity index (χ0v) is 11.8. The molecule has 2 aliphatic heterocycles. The second-order valence-electron chi connectivity index (χ2n) is 5.79. The van der Waals surface area contributed by atoms with Crippen LogP contribution in [0, 0.1) is 0 Å². The summed E-state index contributed by atoms with van der Waals surface area (Å²) in [5, 5.41) is 8.79. The number of hydrogen-bond acceptors (Lipinski definition) is 3. The average Bonchev–Trinajstić information content (AvgIpc) is 3.17. The third-order valence-corrected chi connectivity index (χ3v) is 4.44. The molecule has 1 aromatic carbocycles. The maximum atomic E-state index is 4.43. The van der Waals surface area contributed by atoms with E-state index in [-0.39, 0.29) is 0 Å². The summed E-state index contributed by atoms with van der Waals surface area (Å²) in [5.41, 5.74) is 2.53. The van der Waals surface area contributed by atoms with E-state index in [1.807, 2.05) is 0 Å². The standard InChI is InChI=1S/C16H20N4/c1-2-11-20-15(8-1)17-18-16(20)13-6-5-7-14(12-13)19-9-3-4-10-19/h5-7,12H,1-4,8-11H2. The van der Waals surface area contributed by atoms with Crippen LogP contribution < -0.4 is 4.90 Å². The summed E-state index contributed by atoms with van der Waals surface area (Å²) in [4.78, 5) is 2.47. The van der Waals surface area contributed by atoms with Gasteiger partial charge in [-0.05, 0) is 37.8 Å². The molecule has 0 spiro atoms. The fourth-order valence-corrected chi connectivity index (χ4v) is 3.34. The van der Waals surface area contributed by atoms with Crippen LogP contribution in [0.1, 0.15) is 31.5 Å². The minimum absolute atomic E-state index is 1.04. The van der Waals surface area contributed by atoms with Crippen LogP contribution in [0.5, 0.6) is 0 Å². The Kier molecular flexibility index (Phi) is 2.94. The van der Waals surface area contributed by atoms with Crippen LogP contribution in [0.4, 0.5) is 5.69 Å². The number of anilines is 1. The van der Waals surface area contributed by atoms with Crippen LogP contribution in [0.3, 0.4) is 0 Å². The molecule has 0 bridgehead atoms.